The first-order valence-corrected chi connectivity index (χ1v) is 7.34. The van der Waals surface area contributed by atoms with Crippen molar-refractivity contribution in [3.63, 3.8) is 0 Å². The Morgan fingerprint density at radius 2 is 2.10 bits per heavy atom. The van der Waals surface area contributed by atoms with Gasteiger partial charge in [-0.25, -0.2) is 0 Å². The number of benzene rings is 1. The second-order valence-corrected chi connectivity index (χ2v) is 5.33. The van der Waals surface area contributed by atoms with Crippen LogP contribution in [0.15, 0.2) is 18.2 Å². The van der Waals surface area contributed by atoms with Crippen molar-refractivity contribution in [2.75, 3.05) is 20.8 Å². The minimum absolute atomic E-state index is 0.414. The van der Waals surface area contributed by atoms with E-state index in [1.165, 1.54) is 0 Å². The Labute approximate surface area is 125 Å². The maximum Gasteiger partial charge on any atom is 0.320 e. The van der Waals surface area contributed by atoms with Gasteiger partial charge in [0, 0.05) is 12.1 Å². The van der Waals surface area contributed by atoms with Gasteiger partial charge in [0.25, 0.3) is 0 Å². The van der Waals surface area contributed by atoms with Crippen LogP contribution in [0.25, 0.3) is 0 Å². The van der Waals surface area contributed by atoms with Gasteiger partial charge in [-0.2, -0.15) is 0 Å². The van der Waals surface area contributed by atoms with Crippen LogP contribution in [0.4, 0.5) is 0 Å². The summed E-state index contributed by atoms with van der Waals surface area (Å²) in [6, 6.07) is 5.30. The molecule has 116 valence electrons. The summed E-state index contributed by atoms with van der Waals surface area (Å²) < 4.78 is 10.7. The number of carbonyl (C=O) groups is 1. The van der Waals surface area contributed by atoms with Crippen LogP contribution in [0.5, 0.6) is 11.5 Å². The fraction of sp³-hybridized carbons (Fsp3) is 0.562. The highest BCUT2D eigenvalue weighted by molar-refractivity contribution is 5.73. The molecule has 2 rings (SSSR count). The van der Waals surface area contributed by atoms with E-state index < -0.39 is 12.0 Å². The topological polar surface area (TPSA) is 59.0 Å². The van der Waals surface area contributed by atoms with Crippen LogP contribution in [-0.2, 0) is 11.3 Å². The molecule has 21 heavy (non-hydrogen) atoms. The molecule has 1 heterocycles. The Morgan fingerprint density at radius 1 is 1.29 bits per heavy atom. The molecule has 1 aromatic rings. The Hall–Kier alpha value is -1.75. The van der Waals surface area contributed by atoms with Crippen molar-refractivity contribution in [2.24, 2.45) is 0 Å². The Morgan fingerprint density at radius 3 is 2.76 bits per heavy atom. The maximum atomic E-state index is 11.5. The van der Waals surface area contributed by atoms with E-state index in [4.69, 9.17) is 9.47 Å². The summed E-state index contributed by atoms with van der Waals surface area (Å²) >= 11 is 0. The molecule has 1 aliphatic rings. The number of hydrogen-bond donors (Lipinski definition) is 1. The SMILES string of the molecule is COc1cccc(CN2CCCCCC2C(=O)O)c1OC. The minimum atomic E-state index is -0.737. The van der Waals surface area contributed by atoms with Gasteiger partial charge >= 0.3 is 5.97 Å². The van der Waals surface area contributed by atoms with E-state index in [0.29, 0.717) is 24.5 Å². The van der Waals surface area contributed by atoms with Crippen LogP contribution in [0.1, 0.15) is 31.2 Å². The van der Waals surface area contributed by atoms with Crippen LogP contribution in [0, 0.1) is 0 Å². The van der Waals surface area contributed by atoms with Crippen molar-refractivity contribution in [2.45, 2.75) is 38.3 Å². The lowest BCUT2D eigenvalue weighted by Crippen LogP contribution is -2.40. The number of ether oxygens (including phenoxy) is 2. The molecule has 1 saturated heterocycles. The summed E-state index contributed by atoms with van der Waals surface area (Å²) in [7, 11) is 3.21. The highest BCUT2D eigenvalue weighted by atomic mass is 16.5. The van der Waals surface area contributed by atoms with Crippen molar-refractivity contribution in [1.82, 2.24) is 4.90 Å². The molecule has 0 radical (unpaired) electrons. The summed E-state index contributed by atoms with van der Waals surface area (Å²) in [5.74, 6) is 0.629. The molecule has 1 fully saturated rings. The van der Waals surface area contributed by atoms with Crippen LogP contribution >= 0.6 is 0 Å². The van der Waals surface area contributed by atoms with Gasteiger partial charge in [0.2, 0.25) is 0 Å². The van der Waals surface area contributed by atoms with Gasteiger partial charge in [-0.15, -0.1) is 0 Å². The molecule has 0 saturated carbocycles. The highest BCUT2D eigenvalue weighted by Gasteiger charge is 2.28. The summed E-state index contributed by atoms with van der Waals surface area (Å²) in [5, 5.41) is 9.44. The average molecular weight is 293 g/mol. The number of hydrogen-bond acceptors (Lipinski definition) is 4. The van der Waals surface area contributed by atoms with Gasteiger partial charge in [0.15, 0.2) is 11.5 Å². The van der Waals surface area contributed by atoms with E-state index in [2.05, 4.69) is 0 Å². The third-order valence-electron chi connectivity index (χ3n) is 4.01. The summed E-state index contributed by atoms with van der Waals surface area (Å²) in [6.07, 6.45) is 3.82. The molecule has 0 amide bonds. The first-order valence-electron chi connectivity index (χ1n) is 7.34. The fourth-order valence-corrected chi connectivity index (χ4v) is 2.93. The van der Waals surface area contributed by atoms with Gasteiger partial charge in [-0.3, -0.25) is 9.69 Å². The van der Waals surface area contributed by atoms with Crippen molar-refractivity contribution >= 4 is 5.97 Å². The Bertz CT molecular complexity index is 489. The molecule has 0 bridgehead atoms. The number of rotatable bonds is 5. The van der Waals surface area contributed by atoms with Gasteiger partial charge in [0.1, 0.15) is 6.04 Å². The van der Waals surface area contributed by atoms with E-state index in [9.17, 15) is 9.90 Å². The van der Waals surface area contributed by atoms with E-state index in [-0.39, 0.29) is 0 Å². The van der Waals surface area contributed by atoms with Crippen LogP contribution < -0.4 is 9.47 Å². The summed E-state index contributed by atoms with van der Waals surface area (Å²) in [5.41, 5.74) is 0.963. The van der Waals surface area contributed by atoms with E-state index in [1.54, 1.807) is 14.2 Å². The van der Waals surface area contributed by atoms with E-state index in [1.807, 2.05) is 23.1 Å². The predicted octanol–water partition coefficient (Wildman–Crippen LogP) is 2.53. The Balaban J connectivity index is 2.24. The molecule has 1 aliphatic heterocycles. The summed E-state index contributed by atoms with van der Waals surface area (Å²) in [4.78, 5) is 13.5. The zero-order valence-electron chi connectivity index (χ0n) is 12.7. The molecule has 5 nitrogen and oxygen atoms in total. The lowest BCUT2D eigenvalue weighted by Gasteiger charge is -2.27. The van der Waals surface area contributed by atoms with Gasteiger partial charge in [0.05, 0.1) is 14.2 Å². The number of aliphatic carboxylic acids is 1. The molecule has 1 N–H and O–H groups in total. The predicted molar refractivity (Wildman–Crippen MR) is 79.8 cm³/mol. The second kappa shape index (κ2) is 7.31. The van der Waals surface area contributed by atoms with Crippen LogP contribution in [0.3, 0.4) is 0 Å². The highest BCUT2D eigenvalue weighted by Crippen LogP contribution is 2.32. The van der Waals surface area contributed by atoms with Crippen molar-refractivity contribution in [3.05, 3.63) is 23.8 Å². The third-order valence-corrected chi connectivity index (χ3v) is 4.01. The number of methoxy groups -OCH3 is 2. The standard InChI is InChI=1S/C16H23NO4/c1-20-14-9-6-7-12(15(14)21-2)11-17-10-5-3-4-8-13(17)16(18)19/h6-7,9,13H,3-5,8,10-11H2,1-2H3,(H,18,19). The minimum Gasteiger partial charge on any atom is -0.493 e. The first kappa shape index (κ1) is 15.6. The van der Waals surface area contributed by atoms with Gasteiger partial charge in [-0.1, -0.05) is 25.0 Å². The molecule has 1 unspecified atom stereocenters. The quantitative estimate of drug-likeness (QED) is 0.904. The van der Waals surface area contributed by atoms with Crippen LogP contribution in [0.2, 0.25) is 0 Å². The van der Waals surface area contributed by atoms with Crippen molar-refractivity contribution in [1.29, 1.82) is 0 Å². The third kappa shape index (κ3) is 3.67. The lowest BCUT2D eigenvalue weighted by atomic mass is 10.1. The lowest BCUT2D eigenvalue weighted by molar-refractivity contribution is -0.143. The number of para-hydroxylation sites is 1. The molecule has 5 heteroatoms. The zero-order valence-corrected chi connectivity index (χ0v) is 12.7. The largest absolute Gasteiger partial charge is 0.493 e. The number of carboxylic acids is 1. The molecule has 0 aromatic heterocycles. The maximum absolute atomic E-state index is 11.5. The zero-order chi connectivity index (χ0) is 15.2. The average Bonchev–Trinajstić information content (AvgIpc) is 2.72. The van der Waals surface area contributed by atoms with E-state index in [0.717, 1.165) is 31.4 Å². The van der Waals surface area contributed by atoms with Crippen molar-refractivity contribution in [3.8, 4) is 11.5 Å². The number of nitrogens with zero attached hydrogens (tertiary/aromatic N) is 1. The van der Waals surface area contributed by atoms with Gasteiger partial charge in [-0.05, 0) is 25.5 Å². The normalized spacial score (nSPS) is 19.8. The summed E-state index contributed by atoms with van der Waals surface area (Å²) in [6.45, 7) is 1.37. The molecular formula is C16H23NO4. The number of carboxylic acid groups (broad SMARTS) is 1. The monoisotopic (exact) mass is 293 g/mol. The fourth-order valence-electron chi connectivity index (χ4n) is 2.93. The Kier molecular flexibility index (Phi) is 5.44. The molecule has 0 spiro atoms. The van der Waals surface area contributed by atoms with Crippen LogP contribution in [-0.4, -0.2) is 42.8 Å². The molecule has 1 aromatic carbocycles. The molecule has 0 aliphatic carbocycles. The molecular weight excluding hydrogens is 270 g/mol. The smallest absolute Gasteiger partial charge is 0.320 e. The number of likely N-dealkylation sites (tertiary alicyclic amines) is 1. The second-order valence-electron chi connectivity index (χ2n) is 5.33. The van der Waals surface area contributed by atoms with Gasteiger partial charge < -0.3 is 14.6 Å². The van der Waals surface area contributed by atoms with E-state index >= 15 is 0 Å². The molecule has 1 atom stereocenters. The first-order chi connectivity index (χ1) is 10.2. The van der Waals surface area contributed by atoms with Crippen molar-refractivity contribution < 1.29 is 19.4 Å².